The van der Waals surface area contributed by atoms with E-state index in [9.17, 15) is 19.7 Å². The maximum atomic E-state index is 12.5. The van der Waals surface area contributed by atoms with Crippen LogP contribution in [0.1, 0.15) is 27.0 Å². The van der Waals surface area contributed by atoms with Crippen molar-refractivity contribution < 1.29 is 14.5 Å². The molecule has 1 aromatic heterocycles. The number of nitro groups is 1. The van der Waals surface area contributed by atoms with Crippen LogP contribution in [0.5, 0.6) is 0 Å². The number of amides is 1. The Labute approximate surface area is 148 Å². The molecule has 25 heavy (non-hydrogen) atoms. The van der Waals surface area contributed by atoms with Crippen LogP contribution in [0.25, 0.3) is 0 Å². The van der Waals surface area contributed by atoms with Crippen molar-refractivity contribution in [3.63, 3.8) is 0 Å². The van der Waals surface area contributed by atoms with Gasteiger partial charge in [-0.05, 0) is 37.3 Å². The van der Waals surface area contributed by atoms with Crippen LogP contribution >= 0.6 is 11.3 Å². The molecule has 1 saturated heterocycles. The highest BCUT2D eigenvalue weighted by Gasteiger charge is 2.25. The lowest BCUT2D eigenvalue weighted by atomic mass is 10.1. The van der Waals surface area contributed by atoms with Gasteiger partial charge in [0.05, 0.1) is 9.80 Å². The number of thiophene rings is 1. The summed E-state index contributed by atoms with van der Waals surface area (Å²) in [5, 5.41) is 10.7. The highest BCUT2D eigenvalue weighted by molar-refractivity contribution is 7.17. The highest BCUT2D eigenvalue weighted by Crippen LogP contribution is 2.26. The van der Waals surface area contributed by atoms with Crippen molar-refractivity contribution in [1.29, 1.82) is 0 Å². The zero-order valence-corrected chi connectivity index (χ0v) is 14.5. The molecule has 1 aliphatic heterocycles. The normalized spacial score (nSPS) is 14.4. The van der Waals surface area contributed by atoms with Crippen molar-refractivity contribution in [2.45, 2.75) is 6.92 Å². The summed E-state index contributed by atoms with van der Waals surface area (Å²) in [6, 6.07) is 10.3. The molecule has 0 bridgehead atoms. The van der Waals surface area contributed by atoms with E-state index >= 15 is 0 Å². The number of piperazine rings is 1. The maximum absolute atomic E-state index is 12.5. The molecule has 1 aromatic carbocycles. The van der Waals surface area contributed by atoms with Gasteiger partial charge in [-0.1, -0.05) is 11.3 Å². The number of hydrogen-bond acceptors (Lipinski definition) is 6. The third kappa shape index (κ3) is 3.69. The Bertz CT molecular complexity index is 808. The van der Waals surface area contributed by atoms with Crippen molar-refractivity contribution >= 4 is 33.7 Å². The van der Waals surface area contributed by atoms with Crippen LogP contribution < -0.4 is 4.90 Å². The lowest BCUT2D eigenvalue weighted by Gasteiger charge is -2.36. The van der Waals surface area contributed by atoms with Crippen LogP contribution in [0.15, 0.2) is 36.4 Å². The third-order valence-corrected chi connectivity index (χ3v) is 5.21. The molecule has 1 amide bonds. The number of carbonyl (C=O) groups is 2. The van der Waals surface area contributed by atoms with Crippen LogP contribution in [0.3, 0.4) is 0 Å². The number of ketones is 1. The van der Waals surface area contributed by atoms with Crippen molar-refractivity contribution in [3.05, 3.63) is 57.0 Å². The minimum atomic E-state index is -0.482. The minimum Gasteiger partial charge on any atom is -0.368 e. The van der Waals surface area contributed by atoms with Gasteiger partial charge in [0.2, 0.25) is 0 Å². The molecule has 3 rings (SSSR count). The van der Waals surface area contributed by atoms with Crippen molar-refractivity contribution in [2.24, 2.45) is 0 Å². The number of hydrogen-bond donors (Lipinski definition) is 0. The van der Waals surface area contributed by atoms with E-state index in [1.165, 1.54) is 19.1 Å². The molecule has 8 heteroatoms. The van der Waals surface area contributed by atoms with E-state index in [0.717, 1.165) is 17.0 Å². The first-order chi connectivity index (χ1) is 12.0. The number of anilines is 1. The van der Waals surface area contributed by atoms with Gasteiger partial charge in [0.25, 0.3) is 5.91 Å². The molecular formula is C17H17N3O4S. The van der Waals surface area contributed by atoms with E-state index in [1.54, 1.807) is 17.0 Å². The molecule has 0 saturated carbocycles. The lowest BCUT2D eigenvalue weighted by molar-refractivity contribution is -0.380. The predicted molar refractivity (Wildman–Crippen MR) is 95.5 cm³/mol. The Morgan fingerprint density at radius 3 is 2.20 bits per heavy atom. The van der Waals surface area contributed by atoms with Crippen molar-refractivity contribution in [3.8, 4) is 0 Å². The van der Waals surface area contributed by atoms with E-state index in [2.05, 4.69) is 4.90 Å². The van der Waals surface area contributed by atoms with Gasteiger partial charge < -0.3 is 9.80 Å². The molecular weight excluding hydrogens is 342 g/mol. The summed E-state index contributed by atoms with van der Waals surface area (Å²) < 4.78 is 0. The zero-order chi connectivity index (χ0) is 18.0. The quantitative estimate of drug-likeness (QED) is 0.476. The number of carbonyl (C=O) groups excluding carboxylic acids is 2. The van der Waals surface area contributed by atoms with Gasteiger partial charge in [0, 0.05) is 43.5 Å². The molecule has 0 radical (unpaired) electrons. The van der Waals surface area contributed by atoms with E-state index in [0.29, 0.717) is 36.6 Å². The summed E-state index contributed by atoms with van der Waals surface area (Å²) in [5.74, 6) is -0.128. The molecule has 7 nitrogen and oxygen atoms in total. The Balaban J connectivity index is 1.61. The number of rotatable bonds is 4. The second kappa shape index (κ2) is 7.02. The molecule has 130 valence electrons. The van der Waals surface area contributed by atoms with Gasteiger partial charge >= 0.3 is 5.00 Å². The molecule has 1 fully saturated rings. The van der Waals surface area contributed by atoms with Crippen LogP contribution in [0.2, 0.25) is 0 Å². The van der Waals surface area contributed by atoms with Crippen molar-refractivity contribution in [2.75, 3.05) is 31.1 Å². The Hall–Kier alpha value is -2.74. The maximum Gasteiger partial charge on any atom is 0.324 e. The summed E-state index contributed by atoms with van der Waals surface area (Å²) in [6.45, 7) is 4.00. The molecule has 0 aliphatic carbocycles. The molecule has 1 aliphatic rings. The van der Waals surface area contributed by atoms with Crippen molar-refractivity contribution in [1.82, 2.24) is 4.90 Å². The number of benzene rings is 1. The van der Waals surface area contributed by atoms with Gasteiger partial charge in [-0.3, -0.25) is 19.7 Å². The van der Waals surface area contributed by atoms with E-state index < -0.39 is 4.92 Å². The monoisotopic (exact) mass is 359 g/mol. The van der Waals surface area contributed by atoms with E-state index in [4.69, 9.17) is 0 Å². The van der Waals surface area contributed by atoms with Gasteiger partial charge in [-0.25, -0.2) is 0 Å². The Morgan fingerprint density at radius 1 is 1.04 bits per heavy atom. The van der Waals surface area contributed by atoms with E-state index in [1.807, 2.05) is 12.1 Å². The zero-order valence-electron chi connectivity index (χ0n) is 13.7. The molecule has 0 unspecified atom stereocenters. The molecule has 0 atom stereocenters. The second-order valence-corrected chi connectivity index (χ2v) is 6.84. The SMILES string of the molecule is CC(=O)c1ccc(N2CCN(C(=O)c3ccc([N+](=O)[O-])s3)CC2)cc1. The van der Waals surface area contributed by atoms with Gasteiger partial charge in [-0.15, -0.1) is 0 Å². The summed E-state index contributed by atoms with van der Waals surface area (Å²) in [5.41, 5.74) is 1.70. The smallest absolute Gasteiger partial charge is 0.324 e. The predicted octanol–water partition coefficient (Wildman–Crippen LogP) is 2.82. The first kappa shape index (κ1) is 17.1. The average molecular weight is 359 g/mol. The first-order valence-corrected chi connectivity index (χ1v) is 8.67. The molecule has 0 spiro atoms. The second-order valence-electron chi connectivity index (χ2n) is 5.78. The number of nitrogens with zero attached hydrogens (tertiary/aromatic N) is 3. The van der Waals surface area contributed by atoms with Gasteiger partial charge in [-0.2, -0.15) is 0 Å². The fourth-order valence-electron chi connectivity index (χ4n) is 2.77. The van der Waals surface area contributed by atoms with Gasteiger partial charge in [0.15, 0.2) is 5.78 Å². The van der Waals surface area contributed by atoms with E-state index in [-0.39, 0.29) is 16.7 Å². The largest absolute Gasteiger partial charge is 0.368 e. The third-order valence-electron chi connectivity index (χ3n) is 4.19. The first-order valence-electron chi connectivity index (χ1n) is 7.85. The fraction of sp³-hybridized carbons (Fsp3) is 0.294. The fourth-order valence-corrected chi connectivity index (χ4v) is 3.56. The summed E-state index contributed by atoms with van der Waals surface area (Å²) in [6.07, 6.45) is 0. The Kier molecular flexibility index (Phi) is 4.80. The minimum absolute atomic E-state index is 0.0208. The lowest BCUT2D eigenvalue weighted by Crippen LogP contribution is -2.48. The summed E-state index contributed by atoms with van der Waals surface area (Å²) in [4.78, 5) is 38.3. The summed E-state index contributed by atoms with van der Waals surface area (Å²) in [7, 11) is 0. The number of Topliss-reactive ketones (excluding diaryl/α,β-unsaturated/α-hetero) is 1. The molecule has 2 aromatic rings. The Morgan fingerprint density at radius 2 is 1.68 bits per heavy atom. The van der Waals surface area contributed by atoms with Crippen LogP contribution in [-0.4, -0.2) is 47.7 Å². The molecule has 0 N–H and O–H groups in total. The standard InChI is InChI=1S/C17H17N3O4S/c1-12(21)13-2-4-14(5-3-13)18-8-10-19(11-9-18)17(22)15-6-7-16(25-15)20(23)24/h2-7H,8-11H2,1H3. The topological polar surface area (TPSA) is 83.8 Å². The summed E-state index contributed by atoms with van der Waals surface area (Å²) >= 11 is 0.908. The molecule has 2 heterocycles. The highest BCUT2D eigenvalue weighted by atomic mass is 32.1. The van der Waals surface area contributed by atoms with Crippen LogP contribution in [0, 0.1) is 10.1 Å². The van der Waals surface area contributed by atoms with Gasteiger partial charge in [0.1, 0.15) is 0 Å². The van der Waals surface area contributed by atoms with Crippen LogP contribution in [0.4, 0.5) is 10.7 Å². The average Bonchev–Trinajstić information content (AvgIpc) is 3.12. The van der Waals surface area contributed by atoms with Crippen LogP contribution in [-0.2, 0) is 0 Å².